The molecule has 3 aromatic rings. The number of rotatable bonds is 8. The highest BCUT2D eigenvalue weighted by Gasteiger charge is 2.27. The second kappa shape index (κ2) is 10.8. The van der Waals surface area contributed by atoms with Gasteiger partial charge in [0.05, 0.1) is 16.6 Å². The number of sulfonamides is 1. The van der Waals surface area contributed by atoms with Crippen molar-refractivity contribution in [1.29, 1.82) is 0 Å². The second-order valence-corrected chi connectivity index (χ2v) is 11.7. The van der Waals surface area contributed by atoms with Crippen LogP contribution in [0.4, 0.5) is 11.4 Å². The van der Waals surface area contributed by atoms with E-state index in [-0.39, 0.29) is 23.4 Å². The van der Waals surface area contributed by atoms with Crippen LogP contribution in [0.5, 0.6) is 0 Å². The number of halogens is 1. The first kappa shape index (κ1) is 25.3. The molecule has 3 aromatic carbocycles. The Kier molecular flexibility index (Phi) is 7.82. The molecule has 184 valence electrons. The number of hydrogen-bond donors (Lipinski definition) is 1. The molecule has 1 heterocycles. The fourth-order valence-corrected chi connectivity index (χ4v) is 5.90. The number of amides is 1. The van der Waals surface area contributed by atoms with Crippen LogP contribution in [0.25, 0.3) is 0 Å². The van der Waals surface area contributed by atoms with Gasteiger partial charge in [-0.05, 0) is 80.8 Å². The van der Waals surface area contributed by atoms with Gasteiger partial charge in [-0.2, -0.15) is 0 Å². The first-order chi connectivity index (χ1) is 16.7. The third kappa shape index (κ3) is 6.05. The Morgan fingerprint density at radius 3 is 2.17 bits per heavy atom. The maximum absolute atomic E-state index is 13.5. The van der Waals surface area contributed by atoms with Crippen LogP contribution in [0.1, 0.15) is 36.9 Å². The van der Waals surface area contributed by atoms with Gasteiger partial charge in [-0.15, -0.1) is 0 Å². The zero-order valence-electron chi connectivity index (χ0n) is 19.9. The van der Waals surface area contributed by atoms with Gasteiger partial charge < -0.3 is 10.2 Å². The van der Waals surface area contributed by atoms with Gasteiger partial charge in [0.1, 0.15) is 6.54 Å². The molecule has 1 amide bonds. The molecule has 0 saturated carbocycles. The lowest BCUT2D eigenvalue weighted by molar-refractivity contribution is -0.120. The maximum atomic E-state index is 13.5. The van der Waals surface area contributed by atoms with E-state index in [0.29, 0.717) is 5.69 Å². The first-order valence-corrected chi connectivity index (χ1v) is 14.0. The summed E-state index contributed by atoms with van der Waals surface area (Å²) in [4.78, 5) is 15.6. The third-order valence-corrected chi connectivity index (χ3v) is 8.57. The Balaban J connectivity index is 1.51. The summed E-state index contributed by atoms with van der Waals surface area (Å²) in [6.45, 7) is 5.63. The van der Waals surface area contributed by atoms with Crippen molar-refractivity contribution >= 4 is 43.2 Å². The lowest BCUT2D eigenvalue weighted by Gasteiger charge is -2.25. The van der Waals surface area contributed by atoms with Crippen LogP contribution < -0.4 is 14.5 Å². The van der Waals surface area contributed by atoms with E-state index in [1.54, 1.807) is 48.5 Å². The van der Waals surface area contributed by atoms with Gasteiger partial charge in [-0.3, -0.25) is 9.10 Å². The van der Waals surface area contributed by atoms with E-state index >= 15 is 0 Å². The number of carbonyl (C=O) groups excluding carboxylic acids is 1. The smallest absolute Gasteiger partial charge is 0.264 e. The number of benzene rings is 3. The minimum atomic E-state index is -3.94. The van der Waals surface area contributed by atoms with Crippen LogP contribution in [0.15, 0.2) is 82.2 Å². The van der Waals surface area contributed by atoms with Crippen molar-refractivity contribution in [3.8, 4) is 0 Å². The van der Waals surface area contributed by atoms with Gasteiger partial charge in [0.15, 0.2) is 0 Å². The molecule has 1 aliphatic heterocycles. The Bertz CT molecular complexity index is 1250. The molecule has 0 spiro atoms. The standard InChI is InChI=1S/C27H30BrN3O3S/c1-20-5-15-26(16-6-20)35(33,34)31(25-13-9-23(28)10-14-25)19-27(32)29-21(2)22-7-11-24(12-8-22)30-17-3-4-18-30/h5-16,21H,3-4,17-19H2,1-2H3,(H,29,32). The lowest BCUT2D eigenvalue weighted by atomic mass is 10.1. The van der Waals surface area contributed by atoms with Gasteiger partial charge in [-0.1, -0.05) is 45.8 Å². The van der Waals surface area contributed by atoms with E-state index in [9.17, 15) is 13.2 Å². The highest BCUT2D eigenvalue weighted by Crippen LogP contribution is 2.26. The SMILES string of the molecule is Cc1ccc(S(=O)(=O)N(CC(=O)NC(C)c2ccc(N3CCCC3)cc2)c2ccc(Br)cc2)cc1. The van der Waals surface area contributed by atoms with Crippen molar-refractivity contribution in [1.82, 2.24) is 5.32 Å². The van der Waals surface area contributed by atoms with Crippen molar-refractivity contribution in [3.63, 3.8) is 0 Å². The van der Waals surface area contributed by atoms with Gasteiger partial charge in [-0.25, -0.2) is 8.42 Å². The molecule has 1 aliphatic rings. The van der Waals surface area contributed by atoms with Crippen LogP contribution >= 0.6 is 15.9 Å². The molecule has 0 aliphatic carbocycles. The zero-order chi connectivity index (χ0) is 25.0. The Labute approximate surface area is 216 Å². The summed E-state index contributed by atoms with van der Waals surface area (Å²) in [7, 11) is -3.94. The van der Waals surface area contributed by atoms with E-state index in [1.165, 1.54) is 18.5 Å². The summed E-state index contributed by atoms with van der Waals surface area (Å²) in [5.41, 5.74) is 3.54. The molecule has 4 rings (SSSR count). The van der Waals surface area contributed by atoms with Crippen LogP contribution in [-0.2, 0) is 14.8 Å². The Morgan fingerprint density at radius 1 is 0.971 bits per heavy atom. The maximum Gasteiger partial charge on any atom is 0.264 e. The molecule has 0 bridgehead atoms. The number of nitrogens with one attached hydrogen (secondary N) is 1. The fraction of sp³-hybridized carbons (Fsp3) is 0.296. The van der Waals surface area contributed by atoms with Gasteiger partial charge in [0.2, 0.25) is 5.91 Å². The minimum absolute atomic E-state index is 0.143. The molecule has 0 aromatic heterocycles. The topological polar surface area (TPSA) is 69.7 Å². The Hall–Kier alpha value is -2.84. The molecule has 35 heavy (non-hydrogen) atoms. The van der Waals surface area contributed by atoms with Crippen molar-refractivity contribution in [3.05, 3.63) is 88.4 Å². The average Bonchev–Trinajstić information content (AvgIpc) is 3.39. The number of aryl methyl sites for hydroxylation is 1. The highest BCUT2D eigenvalue weighted by atomic mass is 79.9. The summed E-state index contributed by atoms with van der Waals surface area (Å²) < 4.78 is 29.0. The fourth-order valence-electron chi connectivity index (χ4n) is 4.21. The molecule has 6 nitrogen and oxygen atoms in total. The van der Waals surface area contributed by atoms with E-state index in [4.69, 9.17) is 0 Å². The molecule has 1 N–H and O–H groups in total. The number of anilines is 2. The predicted octanol–water partition coefficient (Wildman–Crippen LogP) is 5.43. The summed E-state index contributed by atoms with van der Waals surface area (Å²) in [6, 6.07) is 21.5. The molecule has 1 atom stereocenters. The third-order valence-electron chi connectivity index (χ3n) is 6.25. The summed E-state index contributed by atoms with van der Waals surface area (Å²) in [5.74, 6) is -0.375. The monoisotopic (exact) mass is 555 g/mol. The van der Waals surface area contributed by atoms with Crippen LogP contribution in [-0.4, -0.2) is 34.0 Å². The molecule has 1 unspecified atom stereocenters. The first-order valence-electron chi connectivity index (χ1n) is 11.7. The van der Waals surface area contributed by atoms with Crippen LogP contribution in [0.2, 0.25) is 0 Å². The summed E-state index contributed by atoms with van der Waals surface area (Å²) in [6.07, 6.45) is 2.43. The Morgan fingerprint density at radius 2 is 1.57 bits per heavy atom. The van der Waals surface area contributed by atoms with Crippen molar-refractivity contribution in [2.24, 2.45) is 0 Å². The number of nitrogens with zero attached hydrogens (tertiary/aromatic N) is 2. The van der Waals surface area contributed by atoms with Gasteiger partial charge in [0.25, 0.3) is 10.0 Å². The van der Waals surface area contributed by atoms with Gasteiger partial charge in [0, 0.05) is 23.2 Å². The molecule has 1 saturated heterocycles. The second-order valence-electron chi connectivity index (χ2n) is 8.88. The largest absolute Gasteiger partial charge is 0.372 e. The lowest BCUT2D eigenvalue weighted by Crippen LogP contribution is -2.41. The van der Waals surface area contributed by atoms with Crippen molar-refractivity contribution in [2.75, 3.05) is 28.8 Å². The highest BCUT2D eigenvalue weighted by molar-refractivity contribution is 9.10. The number of carbonyl (C=O) groups is 1. The van der Waals surface area contributed by atoms with E-state index in [2.05, 4.69) is 38.3 Å². The summed E-state index contributed by atoms with van der Waals surface area (Å²) >= 11 is 3.38. The van der Waals surface area contributed by atoms with Crippen LogP contribution in [0, 0.1) is 6.92 Å². The minimum Gasteiger partial charge on any atom is -0.372 e. The van der Waals surface area contributed by atoms with E-state index in [1.807, 2.05) is 26.0 Å². The molecule has 0 radical (unpaired) electrons. The van der Waals surface area contributed by atoms with Crippen molar-refractivity contribution in [2.45, 2.75) is 37.6 Å². The van der Waals surface area contributed by atoms with Crippen LogP contribution in [0.3, 0.4) is 0 Å². The molecular weight excluding hydrogens is 526 g/mol. The molecular formula is C27H30BrN3O3S. The quantitative estimate of drug-likeness (QED) is 0.402. The zero-order valence-corrected chi connectivity index (χ0v) is 22.3. The molecule has 8 heteroatoms. The summed E-state index contributed by atoms with van der Waals surface area (Å²) in [5, 5.41) is 2.96. The normalized spacial score (nSPS) is 14.5. The predicted molar refractivity (Wildman–Crippen MR) is 144 cm³/mol. The van der Waals surface area contributed by atoms with Gasteiger partial charge >= 0.3 is 0 Å². The van der Waals surface area contributed by atoms with Crippen molar-refractivity contribution < 1.29 is 13.2 Å². The average molecular weight is 557 g/mol. The van der Waals surface area contributed by atoms with E-state index < -0.39 is 10.0 Å². The molecule has 1 fully saturated rings. The van der Waals surface area contributed by atoms with E-state index in [0.717, 1.165) is 33.0 Å². The number of hydrogen-bond acceptors (Lipinski definition) is 4.